The molecule has 2 aromatic rings. The third-order valence-corrected chi connectivity index (χ3v) is 3.89. The van der Waals surface area contributed by atoms with Crippen LogP contribution in [0.4, 0.5) is 10.9 Å². The Morgan fingerprint density at radius 1 is 1.36 bits per heavy atom. The van der Waals surface area contributed by atoms with Crippen LogP contribution in [0.25, 0.3) is 0 Å². The van der Waals surface area contributed by atoms with E-state index in [-0.39, 0.29) is 5.97 Å². The number of carbonyl (C=O) groups excluding carboxylic acids is 1. The summed E-state index contributed by atoms with van der Waals surface area (Å²) in [5.74, 6) is 1.11. The minimum atomic E-state index is -0.153. The number of nitrogen functional groups attached to an aromatic ring is 1. The number of anilines is 2. The quantitative estimate of drug-likeness (QED) is 0.291. The van der Waals surface area contributed by atoms with Crippen molar-refractivity contribution in [3.05, 3.63) is 35.2 Å². The first-order chi connectivity index (χ1) is 12.2. The maximum atomic E-state index is 11.2. The van der Waals surface area contributed by atoms with Crippen LogP contribution >= 0.6 is 11.3 Å². The summed E-state index contributed by atoms with van der Waals surface area (Å²) in [5.41, 5.74) is 9.30. The van der Waals surface area contributed by atoms with Gasteiger partial charge in [-0.15, -0.1) is 11.3 Å². The molecule has 0 amide bonds. The fraction of sp³-hybridized carbons (Fsp3) is 0.353. The molecule has 2 rings (SSSR count). The van der Waals surface area contributed by atoms with Gasteiger partial charge < -0.3 is 15.2 Å². The fourth-order valence-electron chi connectivity index (χ4n) is 1.94. The third-order valence-electron chi connectivity index (χ3n) is 3.13. The van der Waals surface area contributed by atoms with Crippen molar-refractivity contribution in [3.63, 3.8) is 0 Å². The lowest BCUT2D eigenvalue weighted by molar-refractivity contribution is -0.143. The molecule has 25 heavy (non-hydrogen) atoms. The molecule has 0 radical (unpaired) electrons. The summed E-state index contributed by atoms with van der Waals surface area (Å²) in [4.78, 5) is 15.3. The van der Waals surface area contributed by atoms with E-state index in [0.29, 0.717) is 30.6 Å². The maximum Gasteiger partial charge on any atom is 0.305 e. The highest BCUT2D eigenvalue weighted by Gasteiger charge is 2.01. The van der Waals surface area contributed by atoms with E-state index in [1.54, 1.807) is 18.5 Å². The van der Waals surface area contributed by atoms with Crippen molar-refractivity contribution in [2.45, 2.75) is 26.2 Å². The van der Waals surface area contributed by atoms with Crippen LogP contribution in [-0.2, 0) is 9.53 Å². The van der Waals surface area contributed by atoms with E-state index in [1.165, 1.54) is 11.3 Å². The van der Waals surface area contributed by atoms with Crippen molar-refractivity contribution in [1.29, 1.82) is 0 Å². The molecule has 0 aliphatic heterocycles. The Labute approximate surface area is 150 Å². The van der Waals surface area contributed by atoms with E-state index in [1.807, 2.05) is 24.3 Å². The molecule has 0 unspecified atom stereocenters. The Hall–Kier alpha value is -2.61. The molecular weight excluding hydrogens is 340 g/mol. The molecule has 3 N–H and O–H groups in total. The van der Waals surface area contributed by atoms with Gasteiger partial charge in [-0.2, -0.15) is 5.10 Å². The molecule has 0 aliphatic carbocycles. The number of aromatic nitrogens is 1. The molecule has 0 saturated carbocycles. The van der Waals surface area contributed by atoms with Crippen molar-refractivity contribution < 1.29 is 14.3 Å². The van der Waals surface area contributed by atoms with Crippen molar-refractivity contribution in [1.82, 2.24) is 4.98 Å². The maximum absolute atomic E-state index is 11.2. The van der Waals surface area contributed by atoms with Gasteiger partial charge in [0.25, 0.3) is 0 Å². The van der Waals surface area contributed by atoms with Gasteiger partial charge in [-0.05, 0) is 49.6 Å². The molecule has 0 bridgehead atoms. The lowest BCUT2D eigenvalue weighted by Gasteiger charge is -2.06. The van der Waals surface area contributed by atoms with E-state index in [4.69, 9.17) is 15.2 Å². The van der Waals surface area contributed by atoms with Gasteiger partial charge in [-0.25, -0.2) is 4.98 Å². The Kier molecular flexibility index (Phi) is 7.71. The number of rotatable bonds is 10. The van der Waals surface area contributed by atoms with E-state index in [2.05, 4.69) is 15.5 Å². The number of hydrazone groups is 1. The molecule has 8 heteroatoms. The van der Waals surface area contributed by atoms with Gasteiger partial charge in [0.05, 0.1) is 19.4 Å². The molecule has 0 saturated heterocycles. The van der Waals surface area contributed by atoms with Crippen LogP contribution in [0, 0.1) is 0 Å². The molecule has 134 valence electrons. The van der Waals surface area contributed by atoms with Crippen LogP contribution in [-0.4, -0.2) is 30.4 Å². The average molecular weight is 362 g/mol. The zero-order valence-electron chi connectivity index (χ0n) is 14.1. The van der Waals surface area contributed by atoms with Gasteiger partial charge in [0.1, 0.15) is 11.6 Å². The first-order valence-electron chi connectivity index (χ1n) is 8.06. The summed E-state index contributed by atoms with van der Waals surface area (Å²) < 4.78 is 10.5. The molecule has 1 heterocycles. The van der Waals surface area contributed by atoms with E-state index in [9.17, 15) is 4.79 Å². The van der Waals surface area contributed by atoms with E-state index in [0.717, 1.165) is 24.2 Å². The molecule has 0 atom stereocenters. The van der Waals surface area contributed by atoms with Crippen LogP contribution in [0.1, 0.15) is 31.7 Å². The topological polar surface area (TPSA) is 98.8 Å². The van der Waals surface area contributed by atoms with Gasteiger partial charge in [0, 0.05) is 11.8 Å². The SMILES string of the molecule is CCOC(=O)CCCCOc1ccc(C=NNc2nc(N)cs2)cc1. The van der Waals surface area contributed by atoms with Gasteiger partial charge >= 0.3 is 5.97 Å². The van der Waals surface area contributed by atoms with E-state index < -0.39 is 0 Å². The van der Waals surface area contributed by atoms with Gasteiger partial charge in [0.2, 0.25) is 5.13 Å². The van der Waals surface area contributed by atoms with Gasteiger partial charge in [0.15, 0.2) is 0 Å². The highest BCUT2D eigenvalue weighted by molar-refractivity contribution is 7.14. The molecule has 0 spiro atoms. The van der Waals surface area contributed by atoms with Crippen molar-refractivity contribution in [2.75, 3.05) is 24.4 Å². The zero-order valence-corrected chi connectivity index (χ0v) is 14.9. The number of ether oxygens (including phenoxy) is 2. The average Bonchev–Trinajstić information content (AvgIpc) is 3.01. The third kappa shape index (κ3) is 7.21. The highest BCUT2D eigenvalue weighted by Crippen LogP contribution is 2.16. The summed E-state index contributed by atoms with van der Waals surface area (Å²) >= 11 is 1.39. The normalized spacial score (nSPS) is 10.8. The number of hydrogen-bond acceptors (Lipinski definition) is 8. The molecule has 7 nitrogen and oxygen atoms in total. The summed E-state index contributed by atoms with van der Waals surface area (Å²) in [6.45, 7) is 2.80. The summed E-state index contributed by atoms with van der Waals surface area (Å²) in [6, 6.07) is 7.59. The molecular formula is C17H22N4O3S. The van der Waals surface area contributed by atoms with Crippen LogP contribution in [0.2, 0.25) is 0 Å². The minimum Gasteiger partial charge on any atom is -0.494 e. The lowest BCUT2D eigenvalue weighted by Crippen LogP contribution is -2.05. The number of unbranched alkanes of at least 4 members (excludes halogenated alkanes) is 1. The predicted molar refractivity (Wildman–Crippen MR) is 100 cm³/mol. The first kappa shape index (κ1) is 18.7. The van der Waals surface area contributed by atoms with Crippen LogP contribution in [0.15, 0.2) is 34.7 Å². The van der Waals surface area contributed by atoms with Crippen molar-refractivity contribution >= 4 is 34.5 Å². The Morgan fingerprint density at radius 3 is 2.84 bits per heavy atom. The Bertz CT molecular complexity index is 685. The Morgan fingerprint density at radius 2 is 2.16 bits per heavy atom. The standard InChI is InChI=1S/C17H22N4O3S/c1-2-23-16(22)5-3-4-10-24-14-8-6-13(7-9-14)11-19-21-17-20-15(18)12-25-17/h6-9,11-12H,2-5,10,18H2,1H3,(H,20,21). The number of nitrogens with zero attached hydrogens (tertiary/aromatic N) is 2. The molecule has 0 aliphatic rings. The number of carbonyl (C=O) groups is 1. The first-order valence-corrected chi connectivity index (χ1v) is 8.94. The van der Waals surface area contributed by atoms with Gasteiger partial charge in [-0.1, -0.05) is 0 Å². The second-order valence-corrected chi connectivity index (χ2v) is 5.99. The van der Waals surface area contributed by atoms with Crippen molar-refractivity contribution in [3.8, 4) is 5.75 Å². The second-order valence-electron chi connectivity index (χ2n) is 5.13. The molecule has 1 aromatic heterocycles. The van der Waals surface area contributed by atoms with Gasteiger partial charge in [-0.3, -0.25) is 10.2 Å². The number of nitrogens with two attached hydrogens (primary N) is 1. The summed E-state index contributed by atoms with van der Waals surface area (Å²) in [5, 5.41) is 6.50. The predicted octanol–water partition coefficient (Wildman–Crippen LogP) is 3.28. The highest BCUT2D eigenvalue weighted by atomic mass is 32.1. The van der Waals surface area contributed by atoms with Crippen LogP contribution in [0.5, 0.6) is 5.75 Å². The van der Waals surface area contributed by atoms with E-state index >= 15 is 0 Å². The largest absolute Gasteiger partial charge is 0.494 e. The van der Waals surface area contributed by atoms with Crippen LogP contribution < -0.4 is 15.9 Å². The molecule has 1 aromatic carbocycles. The smallest absolute Gasteiger partial charge is 0.305 e. The van der Waals surface area contributed by atoms with Crippen molar-refractivity contribution in [2.24, 2.45) is 5.10 Å². The number of hydrogen-bond donors (Lipinski definition) is 2. The minimum absolute atomic E-state index is 0.153. The Balaban J connectivity index is 1.66. The number of thiazole rings is 1. The summed E-state index contributed by atoms with van der Waals surface area (Å²) in [6.07, 6.45) is 3.70. The summed E-state index contributed by atoms with van der Waals surface area (Å²) in [7, 11) is 0. The monoisotopic (exact) mass is 362 g/mol. The zero-order chi connectivity index (χ0) is 17.9. The van der Waals surface area contributed by atoms with Crippen LogP contribution in [0.3, 0.4) is 0 Å². The second kappa shape index (κ2) is 10.3. The number of nitrogens with one attached hydrogen (secondary N) is 1. The number of benzene rings is 1. The lowest BCUT2D eigenvalue weighted by atomic mass is 10.2. The number of esters is 1. The fourth-order valence-corrected chi connectivity index (χ4v) is 2.49. The molecule has 0 fully saturated rings.